The second-order valence-electron chi connectivity index (χ2n) is 20.5. The maximum Gasteiger partial charge on any atom is 0.240 e. The molecule has 0 heterocycles. The topological polar surface area (TPSA) is 29.5 Å². The van der Waals surface area contributed by atoms with E-state index in [9.17, 15) is 5.11 Å². The zero-order valence-electron chi connectivity index (χ0n) is 32.5. The molecular formula is C46H68O2Si. The molecule has 49 heavy (non-hydrogen) atoms. The molecule has 0 radical (unpaired) electrons. The Hall–Kier alpha value is -1.68. The first kappa shape index (κ1) is 35.7. The van der Waals surface area contributed by atoms with Crippen molar-refractivity contribution >= 4 is 19.4 Å². The zero-order valence-corrected chi connectivity index (χ0v) is 33.7. The van der Waals surface area contributed by atoms with Crippen LogP contribution in [0.1, 0.15) is 127 Å². The Morgan fingerprint density at radius 2 is 1.41 bits per heavy atom. The molecule has 0 aliphatic heterocycles. The van der Waals surface area contributed by atoms with E-state index in [0.717, 1.165) is 18.3 Å². The second kappa shape index (κ2) is 12.2. The lowest BCUT2D eigenvalue weighted by Crippen LogP contribution is -2.70. The van der Waals surface area contributed by atoms with Gasteiger partial charge in [0.1, 0.15) is 0 Å². The van der Waals surface area contributed by atoms with Crippen LogP contribution in [0.3, 0.4) is 0 Å². The van der Waals surface area contributed by atoms with E-state index in [1.807, 2.05) is 0 Å². The molecule has 0 bridgehead atoms. The van der Waals surface area contributed by atoms with Crippen LogP contribution in [-0.2, 0) is 4.43 Å². The van der Waals surface area contributed by atoms with E-state index in [4.69, 9.17) is 4.43 Å². The van der Waals surface area contributed by atoms with Gasteiger partial charge in [0, 0.05) is 0 Å². The van der Waals surface area contributed by atoms with Crippen molar-refractivity contribution in [3.8, 4) is 0 Å². The molecule has 0 spiro atoms. The van der Waals surface area contributed by atoms with Gasteiger partial charge in [0.25, 0.3) is 0 Å². The highest BCUT2D eigenvalue weighted by Gasteiger charge is 2.72. The Balaban J connectivity index is 1.30. The molecule has 2 aromatic rings. The molecule has 5 saturated carbocycles. The smallest absolute Gasteiger partial charge is 0.240 e. The molecule has 11 atom stereocenters. The highest BCUT2D eigenvalue weighted by Crippen LogP contribution is 2.78. The number of allylic oxidation sites excluding steroid dienone is 1. The van der Waals surface area contributed by atoms with Crippen LogP contribution in [-0.4, -0.2) is 26.4 Å². The normalized spacial score (nSPS) is 42.9. The minimum absolute atomic E-state index is 0.00188. The SMILES string of the molecule is C=C(C)[C@@H]1CC[C@]2(CC(C)(C)C)CC[C@]3(C)[C@H](CC[C@@H]4[C@@]5(C)C(O[SiH](c6ccccc6)c6ccccc6)C[C@H](O)C(C)(C)[C@@H]5CC[C@]43C)[C@@H]12. The first-order valence-corrected chi connectivity index (χ1v) is 21.7. The molecule has 5 fully saturated rings. The summed E-state index contributed by atoms with van der Waals surface area (Å²) < 4.78 is 7.72. The van der Waals surface area contributed by atoms with Gasteiger partial charge in [0.15, 0.2) is 0 Å². The number of rotatable bonds is 6. The third-order valence-corrected chi connectivity index (χ3v) is 19.3. The summed E-state index contributed by atoms with van der Waals surface area (Å²) in [5.41, 5.74) is 2.67. The Morgan fingerprint density at radius 1 is 0.796 bits per heavy atom. The van der Waals surface area contributed by atoms with Crippen molar-refractivity contribution in [3.63, 3.8) is 0 Å². The van der Waals surface area contributed by atoms with Gasteiger partial charge in [-0.1, -0.05) is 128 Å². The molecule has 0 saturated heterocycles. The number of hydrogen-bond donors (Lipinski definition) is 1. The van der Waals surface area contributed by atoms with Crippen LogP contribution in [0.2, 0.25) is 0 Å². The van der Waals surface area contributed by atoms with Gasteiger partial charge >= 0.3 is 0 Å². The quantitative estimate of drug-likeness (QED) is 0.243. The Morgan fingerprint density at radius 3 is 1.98 bits per heavy atom. The van der Waals surface area contributed by atoms with Gasteiger partial charge in [-0.15, -0.1) is 0 Å². The Bertz CT molecular complexity index is 1470. The van der Waals surface area contributed by atoms with Crippen molar-refractivity contribution in [1.29, 1.82) is 0 Å². The van der Waals surface area contributed by atoms with Crippen molar-refractivity contribution in [2.24, 2.45) is 62.1 Å². The summed E-state index contributed by atoms with van der Waals surface area (Å²) in [6.45, 7) is 27.4. The second-order valence-corrected chi connectivity index (χ2v) is 22.9. The van der Waals surface area contributed by atoms with E-state index in [1.165, 1.54) is 73.7 Å². The standard InChI is InChI=1S/C46H68O2Si/c1-31(2)34-23-26-46(30-41(3,4)5)28-27-43(8)35(40(34)46)21-22-37-44(43,9)25-24-36-42(6,7)38(47)29-39(45(36,37)10)48-49(32-17-13-11-14-18-32)33-19-15-12-16-20-33/h11-20,34-40,47,49H,1,21-30H2,2-10H3/t34-,35+,36-,37-,38-,39?,40+,43+,44+,45-,46+/m0/s1. The lowest BCUT2D eigenvalue weighted by molar-refractivity contribution is -0.271. The minimum Gasteiger partial charge on any atom is -0.407 e. The molecule has 3 heteroatoms. The minimum atomic E-state index is -2.01. The summed E-state index contributed by atoms with van der Waals surface area (Å²) in [4.78, 5) is 0. The van der Waals surface area contributed by atoms with Crippen molar-refractivity contribution in [1.82, 2.24) is 0 Å². The summed E-state index contributed by atoms with van der Waals surface area (Å²) in [5.74, 6) is 3.20. The van der Waals surface area contributed by atoms with Crippen molar-refractivity contribution < 1.29 is 9.53 Å². The molecular weight excluding hydrogens is 613 g/mol. The largest absolute Gasteiger partial charge is 0.407 e. The predicted molar refractivity (Wildman–Crippen MR) is 209 cm³/mol. The van der Waals surface area contributed by atoms with Gasteiger partial charge in [-0.2, -0.15) is 0 Å². The molecule has 1 N–H and O–H groups in total. The summed E-state index contributed by atoms with van der Waals surface area (Å²) >= 11 is 0. The van der Waals surface area contributed by atoms with Crippen molar-refractivity contribution in [2.45, 2.75) is 139 Å². The zero-order chi connectivity index (χ0) is 35.2. The summed E-state index contributed by atoms with van der Waals surface area (Å²) in [6, 6.07) is 22.1. The first-order chi connectivity index (χ1) is 23.0. The van der Waals surface area contributed by atoms with E-state index in [0.29, 0.717) is 34.0 Å². The molecule has 268 valence electrons. The number of benzene rings is 2. The maximum absolute atomic E-state index is 11.9. The lowest BCUT2D eigenvalue weighted by atomic mass is 9.31. The number of fused-ring (bicyclic) bond motifs is 7. The van der Waals surface area contributed by atoms with Gasteiger partial charge in [-0.3, -0.25) is 0 Å². The monoisotopic (exact) mass is 680 g/mol. The highest BCUT2D eigenvalue weighted by molar-refractivity contribution is 6.80. The Kier molecular flexibility index (Phi) is 8.89. The van der Waals surface area contributed by atoms with Crippen LogP contribution in [0.4, 0.5) is 0 Å². The molecule has 2 nitrogen and oxygen atoms in total. The van der Waals surface area contributed by atoms with E-state index in [1.54, 1.807) is 0 Å². The molecule has 2 aromatic carbocycles. The first-order valence-electron chi connectivity index (χ1n) is 20.1. The predicted octanol–water partition coefficient (Wildman–Crippen LogP) is 9.97. The molecule has 0 amide bonds. The van der Waals surface area contributed by atoms with Gasteiger partial charge in [0.05, 0.1) is 12.2 Å². The van der Waals surface area contributed by atoms with Crippen LogP contribution >= 0.6 is 0 Å². The van der Waals surface area contributed by atoms with Crippen LogP contribution < -0.4 is 10.4 Å². The summed E-state index contributed by atoms with van der Waals surface area (Å²) in [6.07, 6.45) is 12.4. The summed E-state index contributed by atoms with van der Waals surface area (Å²) in [5, 5.41) is 14.6. The van der Waals surface area contributed by atoms with E-state index < -0.39 is 9.04 Å². The molecule has 0 aromatic heterocycles. The van der Waals surface area contributed by atoms with Gasteiger partial charge in [0.2, 0.25) is 9.04 Å². The van der Waals surface area contributed by atoms with E-state index in [-0.39, 0.29) is 28.5 Å². The fraction of sp³-hybridized carbons (Fsp3) is 0.696. The van der Waals surface area contributed by atoms with Crippen LogP contribution in [0.25, 0.3) is 0 Å². The van der Waals surface area contributed by atoms with Gasteiger partial charge < -0.3 is 9.53 Å². The third kappa shape index (κ3) is 5.44. The molecule has 5 aliphatic carbocycles. The highest BCUT2D eigenvalue weighted by atomic mass is 28.3. The average molecular weight is 681 g/mol. The molecule has 1 unspecified atom stereocenters. The number of aliphatic hydroxyl groups is 1. The maximum atomic E-state index is 11.9. The summed E-state index contributed by atoms with van der Waals surface area (Å²) in [7, 11) is -2.01. The van der Waals surface area contributed by atoms with Gasteiger partial charge in [-0.05, 0) is 144 Å². The van der Waals surface area contributed by atoms with Gasteiger partial charge in [-0.25, -0.2) is 0 Å². The number of aliphatic hydroxyl groups excluding tert-OH is 1. The third-order valence-electron chi connectivity index (χ3n) is 16.7. The van der Waals surface area contributed by atoms with Crippen LogP contribution in [0, 0.1) is 62.1 Å². The van der Waals surface area contributed by atoms with E-state index >= 15 is 0 Å². The average Bonchev–Trinajstić information content (AvgIpc) is 3.42. The van der Waals surface area contributed by atoms with Crippen LogP contribution in [0.5, 0.6) is 0 Å². The molecule has 7 rings (SSSR count). The molecule has 5 aliphatic rings. The van der Waals surface area contributed by atoms with Crippen LogP contribution in [0.15, 0.2) is 72.8 Å². The fourth-order valence-electron chi connectivity index (χ4n) is 14.5. The number of hydrogen-bond acceptors (Lipinski definition) is 2. The van der Waals surface area contributed by atoms with E-state index in [2.05, 4.69) is 130 Å². The van der Waals surface area contributed by atoms with Crippen molar-refractivity contribution in [2.75, 3.05) is 0 Å². The Labute approximate surface area is 301 Å². The fourth-order valence-corrected chi connectivity index (χ4v) is 17.1. The lowest BCUT2D eigenvalue weighted by Gasteiger charge is -2.74. The van der Waals surface area contributed by atoms with Crippen molar-refractivity contribution in [3.05, 3.63) is 72.8 Å².